The van der Waals surface area contributed by atoms with Gasteiger partial charge in [-0.15, -0.1) is 0 Å². The average Bonchev–Trinajstić information content (AvgIpc) is 2.59. The fourth-order valence-corrected chi connectivity index (χ4v) is 2.35. The number of rotatable bonds is 6. The molecule has 0 aliphatic carbocycles. The Morgan fingerprint density at radius 2 is 1.83 bits per heavy atom. The first-order valence-corrected chi connectivity index (χ1v) is 7.90. The van der Waals surface area contributed by atoms with E-state index in [-0.39, 0.29) is 6.54 Å². The van der Waals surface area contributed by atoms with Crippen molar-refractivity contribution in [3.8, 4) is 0 Å². The van der Waals surface area contributed by atoms with E-state index in [0.717, 1.165) is 11.1 Å². The summed E-state index contributed by atoms with van der Waals surface area (Å²) in [6.45, 7) is 0.181. The van der Waals surface area contributed by atoms with E-state index in [1.165, 1.54) is 17.6 Å². The van der Waals surface area contributed by atoms with Gasteiger partial charge in [0.05, 0.1) is 19.2 Å². The average molecular weight is 330 g/mol. The lowest BCUT2D eigenvalue weighted by atomic mass is 10.1. The van der Waals surface area contributed by atoms with Crippen LogP contribution in [0.2, 0.25) is 0 Å². The molecule has 0 saturated carbocycles. The van der Waals surface area contributed by atoms with Crippen LogP contribution in [0.1, 0.15) is 21.5 Å². The molecule has 0 radical (unpaired) electrons. The highest BCUT2D eigenvalue weighted by atomic mass is 32.2. The second-order valence-corrected chi connectivity index (χ2v) is 5.61. The number of esters is 1. The Bertz CT molecular complexity index is 698. The maximum Gasteiger partial charge on any atom is 0.337 e. The first-order valence-electron chi connectivity index (χ1n) is 6.86. The van der Waals surface area contributed by atoms with Gasteiger partial charge in [0.1, 0.15) is 0 Å². The van der Waals surface area contributed by atoms with Gasteiger partial charge < -0.3 is 13.6 Å². The summed E-state index contributed by atoms with van der Waals surface area (Å²) in [4.78, 5) is 11.4. The van der Waals surface area contributed by atoms with Gasteiger partial charge >= 0.3 is 5.97 Å². The normalized spacial score (nSPS) is 12.1. The number of carbonyl (C=O) groups excluding carboxylic acids is 1. The zero-order valence-corrected chi connectivity index (χ0v) is 13.4. The molecule has 0 aromatic heterocycles. The van der Waals surface area contributed by atoms with Gasteiger partial charge in [-0.1, -0.05) is 42.5 Å². The van der Waals surface area contributed by atoms with Gasteiger partial charge in [0.25, 0.3) is 0 Å². The van der Waals surface area contributed by atoms with Crippen molar-refractivity contribution in [1.82, 2.24) is 4.31 Å². The molecule has 0 N–H and O–H groups in total. The SMILES string of the molecule is COC(=O)c1ccc(CN(C=Cc2ccccc2)S(=O)[O-])cc1. The van der Waals surface area contributed by atoms with Crippen LogP contribution in [-0.4, -0.2) is 26.1 Å². The molecule has 0 aliphatic rings. The third-order valence-electron chi connectivity index (χ3n) is 3.14. The first kappa shape index (κ1) is 16.9. The van der Waals surface area contributed by atoms with Crippen molar-refractivity contribution in [3.63, 3.8) is 0 Å². The molecule has 6 heteroatoms. The lowest BCUT2D eigenvalue weighted by Gasteiger charge is -2.22. The molecule has 2 aromatic rings. The van der Waals surface area contributed by atoms with Gasteiger partial charge in [-0.05, 0) is 29.3 Å². The first-order chi connectivity index (χ1) is 11.1. The smallest absolute Gasteiger partial charge is 0.337 e. The van der Waals surface area contributed by atoms with Crippen molar-refractivity contribution in [3.05, 3.63) is 77.5 Å². The molecule has 1 unspecified atom stereocenters. The van der Waals surface area contributed by atoms with Crippen LogP contribution in [0.15, 0.2) is 60.8 Å². The van der Waals surface area contributed by atoms with Crippen molar-refractivity contribution < 1.29 is 18.3 Å². The molecule has 0 heterocycles. The van der Waals surface area contributed by atoms with Crippen molar-refractivity contribution >= 4 is 23.3 Å². The Balaban J connectivity index is 2.09. The number of hydrogen-bond acceptors (Lipinski definition) is 4. The van der Waals surface area contributed by atoms with E-state index >= 15 is 0 Å². The molecular weight excluding hydrogens is 314 g/mol. The predicted octanol–water partition coefficient (Wildman–Crippen LogP) is 2.74. The standard InChI is InChI=1S/C17H17NO4S/c1-22-17(19)16-9-7-15(8-10-16)13-18(23(20)21)12-11-14-5-3-2-4-6-14/h2-12H,13H2,1H3,(H,20,21)/p-1. The minimum absolute atomic E-state index is 0.181. The number of benzene rings is 2. The van der Waals surface area contributed by atoms with Crippen molar-refractivity contribution in [2.24, 2.45) is 0 Å². The summed E-state index contributed by atoms with van der Waals surface area (Å²) in [5.74, 6) is -0.426. The summed E-state index contributed by atoms with van der Waals surface area (Å²) < 4.78 is 28.5. The van der Waals surface area contributed by atoms with Crippen LogP contribution >= 0.6 is 0 Å². The molecule has 120 valence electrons. The molecular formula is C17H16NO4S-. The van der Waals surface area contributed by atoms with E-state index < -0.39 is 17.2 Å². The fourth-order valence-electron chi connectivity index (χ4n) is 1.93. The maximum absolute atomic E-state index is 11.4. The number of methoxy groups -OCH3 is 1. The van der Waals surface area contributed by atoms with Crippen LogP contribution in [0.5, 0.6) is 0 Å². The largest absolute Gasteiger partial charge is 0.755 e. The van der Waals surface area contributed by atoms with Crippen LogP contribution in [0.25, 0.3) is 6.08 Å². The molecule has 2 rings (SSSR count). The van der Waals surface area contributed by atoms with Crippen molar-refractivity contribution in [2.75, 3.05) is 7.11 Å². The number of carbonyl (C=O) groups is 1. The second-order valence-electron chi connectivity index (χ2n) is 4.71. The summed E-state index contributed by atoms with van der Waals surface area (Å²) in [5.41, 5.74) is 2.09. The number of nitrogens with zero attached hydrogens (tertiary/aromatic N) is 1. The molecule has 0 amide bonds. The second kappa shape index (κ2) is 8.26. The monoisotopic (exact) mass is 330 g/mol. The third-order valence-corrected chi connectivity index (χ3v) is 3.77. The molecule has 23 heavy (non-hydrogen) atoms. The van der Waals surface area contributed by atoms with E-state index in [0.29, 0.717) is 5.56 Å². The molecule has 5 nitrogen and oxygen atoms in total. The van der Waals surface area contributed by atoms with Crippen LogP contribution in [0.3, 0.4) is 0 Å². The molecule has 1 atom stereocenters. The summed E-state index contributed by atoms with van der Waals surface area (Å²) in [6.07, 6.45) is 3.23. The van der Waals surface area contributed by atoms with Crippen LogP contribution < -0.4 is 0 Å². The highest BCUT2D eigenvalue weighted by molar-refractivity contribution is 7.76. The summed E-state index contributed by atoms with van der Waals surface area (Å²) in [5, 5.41) is 0. The molecule has 0 saturated heterocycles. The Morgan fingerprint density at radius 1 is 1.17 bits per heavy atom. The van der Waals surface area contributed by atoms with E-state index in [1.807, 2.05) is 30.3 Å². The fraction of sp³-hybridized carbons (Fsp3) is 0.118. The molecule has 2 aromatic carbocycles. The lowest BCUT2D eigenvalue weighted by molar-refractivity contribution is 0.0600. The quantitative estimate of drug-likeness (QED) is 0.603. The minimum atomic E-state index is -2.39. The Morgan fingerprint density at radius 3 is 2.39 bits per heavy atom. The molecule has 0 aliphatic heterocycles. The van der Waals surface area contributed by atoms with E-state index in [9.17, 15) is 13.6 Å². The maximum atomic E-state index is 11.4. The molecule has 0 bridgehead atoms. The highest BCUT2D eigenvalue weighted by Crippen LogP contribution is 2.11. The van der Waals surface area contributed by atoms with Crippen molar-refractivity contribution in [2.45, 2.75) is 6.54 Å². The van der Waals surface area contributed by atoms with E-state index in [1.54, 1.807) is 30.3 Å². The number of ether oxygens (including phenoxy) is 1. The topological polar surface area (TPSA) is 69.7 Å². The van der Waals surface area contributed by atoms with Gasteiger partial charge in [0.15, 0.2) is 0 Å². The van der Waals surface area contributed by atoms with Gasteiger partial charge in [0, 0.05) is 17.5 Å². The highest BCUT2D eigenvalue weighted by Gasteiger charge is 2.06. The molecule has 0 spiro atoms. The van der Waals surface area contributed by atoms with E-state index in [2.05, 4.69) is 4.74 Å². The Hall–Kier alpha value is -2.44. The minimum Gasteiger partial charge on any atom is -0.755 e. The van der Waals surface area contributed by atoms with Crippen LogP contribution in [0.4, 0.5) is 0 Å². The Labute approximate surface area is 137 Å². The van der Waals surface area contributed by atoms with Gasteiger partial charge in [0.2, 0.25) is 0 Å². The lowest BCUT2D eigenvalue weighted by Crippen LogP contribution is -2.19. The van der Waals surface area contributed by atoms with Gasteiger partial charge in [-0.2, -0.15) is 0 Å². The van der Waals surface area contributed by atoms with Gasteiger partial charge in [-0.3, -0.25) is 4.21 Å². The number of hydrogen-bond donors (Lipinski definition) is 0. The van der Waals surface area contributed by atoms with Gasteiger partial charge in [-0.25, -0.2) is 4.79 Å². The zero-order chi connectivity index (χ0) is 16.7. The van der Waals surface area contributed by atoms with E-state index in [4.69, 9.17) is 0 Å². The summed E-state index contributed by atoms with van der Waals surface area (Å²) in [7, 11) is 1.31. The summed E-state index contributed by atoms with van der Waals surface area (Å²) in [6, 6.07) is 16.0. The molecule has 0 fully saturated rings. The summed E-state index contributed by atoms with van der Waals surface area (Å²) >= 11 is -2.39. The van der Waals surface area contributed by atoms with Crippen LogP contribution in [-0.2, 0) is 22.5 Å². The third kappa shape index (κ3) is 5.05. The zero-order valence-electron chi connectivity index (χ0n) is 12.5. The van der Waals surface area contributed by atoms with Crippen molar-refractivity contribution in [1.29, 1.82) is 0 Å². The Kier molecular flexibility index (Phi) is 6.08. The van der Waals surface area contributed by atoms with Crippen LogP contribution in [0, 0.1) is 0 Å². The predicted molar refractivity (Wildman–Crippen MR) is 87.7 cm³/mol.